The molecule has 0 saturated carbocycles. The van der Waals surface area contributed by atoms with Crippen molar-refractivity contribution in [2.45, 2.75) is 37.7 Å². The van der Waals surface area contributed by atoms with E-state index >= 15 is 0 Å². The number of piperidine rings is 1. The lowest BCUT2D eigenvalue weighted by atomic mass is 9.90. The molecule has 4 aromatic carbocycles. The van der Waals surface area contributed by atoms with Crippen LogP contribution in [0, 0.1) is 0 Å². The number of amides is 2. The van der Waals surface area contributed by atoms with Gasteiger partial charge in [-0.25, -0.2) is 4.79 Å². The van der Waals surface area contributed by atoms with Crippen LogP contribution in [0.4, 0.5) is 36.8 Å². The van der Waals surface area contributed by atoms with Crippen LogP contribution in [0.1, 0.15) is 45.5 Å². The van der Waals surface area contributed by atoms with Crippen molar-refractivity contribution in [1.82, 2.24) is 4.90 Å². The Morgan fingerprint density at radius 1 is 0.814 bits per heavy atom. The molecule has 11 heteroatoms. The van der Waals surface area contributed by atoms with Gasteiger partial charge in [-0.05, 0) is 41.1 Å². The van der Waals surface area contributed by atoms with E-state index in [4.69, 9.17) is 4.74 Å². The van der Waals surface area contributed by atoms with Crippen molar-refractivity contribution >= 4 is 28.5 Å². The van der Waals surface area contributed by atoms with Gasteiger partial charge in [0, 0.05) is 36.9 Å². The summed E-state index contributed by atoms with van der Waals surface area (Å²) in [5.41, 5.74) is -3.28. The summed E-state index contributed by atoms with van der Waals surface area (Å²) in [6.07, 6.45) is -11.6. The standard InChI is InChI=1S/C32H26F6N2O3/c33-31(34,35)22-18-26(25(27(19-22)32(36,37)38)17-20-7-2-1-3-8-20)29(41)40-15-13-23(14-16-40)43-30(42)39-28-12-6-10-21-9-4-5-11-24(21)28/h1-12,18-19,23H,13-17H2,(H,39,42). The third-order valence-corrected chi connectivity index (χ3v) is 7.37. The molecule has 0 aromatic heterocycles. The molecular weight excluding hydrogens is 574 g/mol. The number of hydrogen-bond acceptors (Lipinski definition) is 3. The Kier molecular flexibility index (Phi) is 8.34. The van der Waals surface area contributed by atoms with Gasteiger partial charge >= 0.3 is 18.4 Å². The molecule has 0 unspecified atom stereocenters. The monoisotopic (exact) mass is 600 g/mol. The Morgan fingerprint density at radius 3 is 2.14 bits per heavy atom. The Bertz CT molecular complexity index is 1620. The van der Waals surface area contributed by atoms with E-state index in [2.05, 4.69) is 5.32 Å². The topological polar surface area (TPSA) is 58.6 Å². The zero-order valence-corrected chi connectivity index (χ0v) is 22.6. The number of hydrogen-bond donors (Lipinski definition) is 1. The second-order valence-electron chi connectivity index (χ2n) is 10.3. The molecule has 224 valence electrons. The number of carbonyl (C=O) groups excluding carboxylic acids is 2. The Labute approximate surface area is 243 Å². The first-order chi connectivity index (χ1) is 20.4. The molecule has 5 nitrogen and oxygen atoms in total. The molecule has 1 fully saturated rings. The van der Waals surface area contributed by atoms with Crippen LogP contribution in [0.25, 0.3) is 10.8 Å². The van der Waals surface area contributed by atoms with Gasteiger partial charge in [0.1, 0.15) is 6.10 Å². The number of rotatable bonds is 5. The SMILES string of the molecule is O=C(Nc1cccc2ccccc12)OC1CCN(C(=O)c2cc(C(F)(F)F)cc(C(F)(F)F)c2Cc2ccccc2)CC1. The van der Waals surface area contributed by atoms with Gasteiger partial charge in [0.2, 0.25) is 0 Å². The van der Waals surface area contributed by atoms with Crippen LogP contribution in [0.5, 0.6) is 0 Å². The third kappa shape index (κ3) is 6.93. The number of benzene rings is 4. The number of nitrogens with one attached hydrogen (secondary N) is 1. The number of fused-ring (bicyclic) bond motifs is 1. The zero-order chi connectivity index (χ0) is 30.8. The highest BCUT2D eigenvalue weighted by Gasteiger charge is 2.41. The van der Waals surface area contributed by atoms with Crippen molar-refractivity contribution < 1.29 is 40.7 Å². The highest BCUT2D eigenvalue weighted by Crippen LogP contribution is 2.40. The van der Waals surface area contributed by atoms with E-state index in [1.54, 1.807) is 30.3 Å². The summed E-state index contributed by atoms with van der Waals surface area (Å²) in [5, 5.41) is 4.44. The number of alkyl halides is 6. The first-order valence-corrected chi connectivity index (χ1v) is 13.5. The maximum Gasteiger partial charge on any atom is 0.416 e. The highest BCUT2D eigenvalue weighted by molar-refractivity contribution is 6.00. The van der Waals surface area contributed by atoms with Gasteiger partial charge in [-0.1, -0.05) is 66.7 Å². The first kappa shape index (κ1) is 29.9. The van der Waals surface area contributed by atoms with E-state index in [1.807, 2.05) is 30.3 Å². The van der Waals surface area contributed by atoms with Crippen LogP contribution in [-0.4, -0.2) is 36.1 Å². The molecule has 5 rings (SSSR count). The van der Waals surface area contributed by atoms with Crippen LogP contribution >= 0.6 is 0 Å². The average molecular weight is 601 g/mol. The Balaban J connectivity index is 1.34. The Hall–Kier alpha value is -4.54. The van der Waals surface area contributed by atoms with Gasteiger partial charge < -0.3 is 9.64 Å². The largest absolute Gasteiger partial charge is 0.446 e. The Morgan fingerprint density at radius 2 is 1.47 bits per heavy atom. The number of ether oxygens (including phenoxy) is 1. The fourth-order valence-corrected chi connectivity index (χ4v) is 5.24. The molecule has 43 heavy (non-hydrogen) atoms. The van der Waals surface area contributed by atoms with Crippen LogP contribution in [0.2, 0.25) is 0 Å². The normalized spacial score (nSPS) is 14.5. The molecule has 0 spiro atoms. The van der Waals surface area contributed by atoms with E-state index in [1.165, 1.54) is 17.0 Å². The molecule has 0 bridgehead atoms. The molecule has 1 aliphatic heterocycles. The summed E-state index contributed by atoms with van der Waals surface area (Å²) in [6.45, 7) is -0.0408. The third-order valence-electron chi connectivity index (χ3n) is 7.37. The molecule has 0 atom stereocenters. The second-order valence-corrected chi connectivity index (χ2v) is 10.3. The lowest BCUT2D eigenvalue weighted by Crippen LogP contribution is -2.42. The quantitative estimate of drug-likeness (QED) is 0.235. The number of nitrogens with zero attached hydrogens (tertiary/aromatic N) is 1. The minimum atomic E-state index is -5.13. The summed E-state index contributed by atoms with van der Waals surface area (Å²) in [5.74, 6) is -0.943. The summed E-state index contributed by atoms with van der Waals surface area (Å²) in [6, 6.07) is 21.3. The summed E-state index contributed by atoms with van der Waals surface area (Å²) in [4.78, 5) is 27.4. The van der Waals surface area contributed by atoms with Crippen molar-refractivity contribution in [1.29, 1.82) is 0 Å². The van der Waals surface area contributed by atoms with Crippen molar-refractivity contribution in [2.24, 2.45) is 0 Å². The van der Waals surface area contributed by atoms with Crippen LogP contribution in [0.15, 0.2) is 84.9 Å². The van der Waals surface area contributed by atoms with Gasteiger partial charge in [0.05, 0.1) is 16.8 Å². The predicted molar refractivity (Wildman–Crippen MR) is 149 cm³/mol. The van der Waals surface area contributed by atoms with Crippen LogP contribution < -0.4 is 5.32 Å². The predicted octanol–water partition coefficient (Wildman–Crippen LogP) is 8.32. The fourth-order valence-electron chi connectivity index (χ4n) is 5.24. The van der Waals surface area contributed by atoms with Crippen molar-refractivity contribution in [3.8, 4) is 0 Å². The van der Waals surface area contributed by atoms with Crippen LogP contribution in [-0.2, 0) is 23.5 Å². The van der Waals surface area contributed by atoms with E-state index < -0.39 is 52.7 Å². The van der Waals surface area contributed by atoms with E-state index in [-0.39, 0.29) is 38.4 Å². The van der Waals surface area contributed by atoms with E-state index in [9.17, 15) is 35.9 Å². The minimum Gasteiger partial charge on any atom is -0.446 e. The van der Waals surface area contributed by atoms with Gasteiger partial charge in [-0.3, -0.25) is 10.1 Å². The molecular formula is C32H26F6N2O3. The smallest absolute Gasteiger partial charge is 0.416 e. The van der Waals surface area contributed by atoms with Gasteiger partial charge in [0.25, 0.3) is 5.91 Å². The van der Waals surface area contributed by atoms with Crippen molar-refractivity contribution in [3.05, 3.63) is 113 Å². The number of halogens is 6. The van der Waals surface area contributed by atoms with Gasteiger partial charge in [-0.15, -0.1) is 0 Å². The maximum absolute atomic E-state index is 14.1. The highest BCUT2D eigenvalue weighted by atomic mass is 19.4. The van der Waals surface area contributed by atoms with Crippen molar-refractivity contribution in [2.75, 3.05) is 18.4 Å². The lowest BCUT2D eigenvalue weighted by Gasteiger charge is -2.32. The summed E-state index contributed by atoms with van der Waals surface area (Å²) in [7, 11) is 0. The fraction of sp³-hybridized carbons (Fsp3) is 0.250. The lowest BCUT2D eigenvalue weighted by molar-refractivity contribution is -0.143. The number of carbonyl (C=O) groups is 2. The van der Waals surface area contributed by atoms with E-state index in [0.29, 0.717) is 17.3 Å². The van der Waals surface area contributed by atoms with E-state index in [0.717, 1.165) is 10.8 Å². The molecule has 1 saturated heterocycles. The molecule has 0 radical (unpaired) electrons. The molecule has 2 amide bonds. The minimum absolute atomic E-state index is 0.0204. The first-order valence-electron chi connectivity index (χ1n) is 13.5. The van der Waals surface area contributed by atoms with Crippen molar-refractivity contribution in [3.63, 3.8) is 0 Å². The summed E-state index contributed by atoms with van der Waals surface area (Å²) < 4.78 is 88.7. The molecule has 0 aliphatic carbocycles. The molecule has 1 N–H and O–H groups in total. The molecule has 1 heterocycles. The zero-order valence-electron chi connectivity index (χ0n) is 22.6. The van der Waals surface area contributed by atoms with Crippen LogP contribution in [0.3, 0.4) is 0 Å². The van der Waals surface area contributed by atoms with Gasteiger partial charge in [-0.2, -0.15) is 26.3 Å². The van der Waals surface area contributed by atoms with Gasteiger partial charge in [0.15, 0.2) is 0 Å². The second kappa shape index (κ2) is 12.0. The average Bonchev–Trinajstić information content (AvgIpc) is 2.97. The maximum atomic E-state index is 14.1. The number of anilines is 1. The molecule has 1 aliphatic rings. The molecule has 4 aromatic rings. The summed E-state index contributed by atoms with van der Waals surface area (Å²) >= 11 is 0. The number of likely N-dealkylation sites (tertiary alicyclic amines) is 1.